The molecule has 0 aliphatic heterocycles. The van der Waals surface area contributed by atoms with Crippen LogP contribution < -0.4 is 11.3 Å². The lowest BCUT2D eigenvalue weighted by Gasteiger charge is -2.17. The molecular weight excluding hydrogens is 208 g/mol. The van der Waals surface area contributed by atoms with Gasteiger partial charge in [0, 0.05) is 11.9 Å². The summed E-state index contributed by atoms with van der Waals surface area (Å²) >= 11 is 5.68. The predicted molar refractivity (Wildman–Crippen MR) is 65.9 cm³/mol. The summed E-state index contributed by atoms with van der Waals surface area (Å²) in [4.78, 5) is 0. The summed E-state index contributed by atoms with van der Waals surface area (Å²) in [6, 6.07) is 6.72. The largest absolute Gasteiger partial charge is 0.271 e. The molecule has 0 spiro atoms. The van der Waals surface area contributed by atoms with Crippen molar-refractivity contribution in [3.63, 3.8) is 0 Å². The molecule has 84 valence electrons. The lowest BCUT2D eigenvalue weighted by Crippen LogP contribution is -2.28. The van der Waals surface area contributed by atoms with Gasteiger partial charge in [0.05, 0.1) is 0 Å². The van der Waals surface area contributed by atoms with Crippen LogP contribution in [-0.2, 0) is 0 Å². The Morgan fingerprint density at radius 1 is 1.27 bits per heavy atom. The van der Waals surface area contributed by atoms with Gasteiger partial charge in [0.25, 0.3) is 0 Å². The number of alkyl halides is 1. The van der Waals surface area contributed by atoms with Crippen LogP contribution >= 0.6 is 11.6 Å². The van der Waals surface area contributed by atoms with E-state index in [1.165, 1.54) is 16.7 Å². The van der Waals surface area contributed by atoms with Gasteiger partial charge in [0.15, 0.2) is 0 Å². The highest BCUT2D eigenvalue weighted by Crippen LogP contribution is 2.20. The molecule has 1 aromatic rings. The van der Waals surface area contributed by atoms with Crippen molar-refractivity contribution in [3.8, 4) is 0 Å². The highest BCUT2D eigenvalue weighted by molar-refractivity contribution is 6.17. The number of aryl methyl sites for hydroxylation is 2. The van der Waals surface area contributed by atoms with Gasteiger partial charge in [-0.25, -0.2) is 0 Å². The third kappa shape index (κ3) is 3.82. The molecule has 15 heavy (non-hydrogen) atoms. The number of hydrogen-bond acceptors (Lipinski definition) is 2. The summed E-state index contributed by atoms with van der Waals surface area (Å²) < 4.78 is 0. The Labute approximate surface area is 96.8 Å². The summed E-state index contributed by atoms with van der Waals surface area (Å²) in [7, 11) is 0. The van der Waals surface area contributed by atoms with E-state index < -0.39 is 0 Å². The fourth-order valence-electron chi connectivity index (χ4n) is 1.84. The number of hydrazine groups is 1. The van der Waals surface area contributed by atoms with Gasteiger partial charge in [-0.15, -0.1) is 11.6 Å². The van der Waals surface area contributed by atoms with Crippen LogP contribution in [0.2, 0.25) is 0 Å². The summed E-state index contributed by atoms with van der Waals surface area (Å²) in [5.41, 5.74) is 6.65. The van der Waals surface area contributed by atoms with Crippen LogP contribution in [0.1, 0.15) is 35.6 Å². The Morgan fingerprint density at radius 2 is 1.87 bits per heavy atom. The van der Waals surface area contributed by atoms with Crippen molar-refractivity contribution in [3.05, 3.63) is 34.9 Å². The summed E-state index contributed by atoms with van der Waals surface area (Å²) in [5.74, 6) is 6.24. The molecule has 1 unspecified atom stereocenters. The molecule has 3 N–H and O–H groups in total. The summed E-state index contributed by atoms with van der Waals surface area (Å²) in [6.45, 7) is 4.21. The van der Waals surface area contributed by atoms with E-state index >= 15 is 0 Å². The molecule has 1 rings (SSSR count). The molecule has 0 aromatic heterocycles. The molecule has 1 atom stereocenters. The van der Waals surface area contributed by atoms with Crippen LogP contribution in [0.15, 0.2) is 18.2 Å². The van der Waals surface area contributed by atoms with Crippen LogP contribution in [0.5, 0.6) is 0 Å². The minimum absolute atomic E-state index is 0.211. The SMILES string of the molecule is Cc1cc(C)cc(C(CCCCl)NN)c1. The minimum atomic E-state index is 0.211. The van der Waals surface area contributed by atoms with E-state index in [0.717, 1.165) is 12.8 Å². The molecule has 0 aliphatic carbocycles. The van der Waals surface area contributed by atoms with E-state index in [2.05, 4.69) is 37.5 Å². The molecule has 0 radical (unpaired) electrons. The van der Waals surface area contributed by atoms with Crippen LogP contribution in [0.25, 0.3) is 0 Å². The zero-order valence-corrected chi connectivity index (χ0v) is 10.1. The van der Waals surface area contributed by atoms with Gasteiger partial charge in [-0.1, -0.05) is 29.3 Å². The van der Waals surface area contributed by atoms with E-state index in [1.54, 1.807) is 0 Å². The number of benzene rings is 1. The van der Waals surface area contributed by atoms with Crippen molar-refractivity contribution < 1.29 is 0 Å². The first kappa shape index (κ1) is 12.5. The van der Waals surface area contributed by atoms with E-state index in [1.807, 2.05) is 0 Å². The lowest BCUT2D eigenvalue weighted by atomic mass is 9.99. The number of nitrogens with one attached hydrogen (secondary N) is 1. The topological polar surface area (TPSA) is 38.0 Å². The summed E-state index contributed by atoms with van der Waals surface area (Å²) in [5, 5.41) is 0. The van der Waals surface area contributed by atoms with Crippen molar-refractivity contribution in [2.45, 2.75) is 32.7 Å². The van der Waals surface area contributed by atoms with Crippen LogP contribution in [-0.4, -0.2) is 5.88 Å². The molecule has 0 aliphatic rings. The van der Waals surface area contributed by atoms with Crippen LogP contribution in [0, 0.1) is 13.8 Å². The number of nitrogens with two attached hydrogens (primary N) is 1. The highest BCUT2D eigenvalue weighted by Gasteiger charge is 2.09. The normalized spacial score (nSPS) is 12.8. The molecular formula is C12H19ClN2. The monoisotopic (exact) mass is 226 g/mol. The average Bonchev–Trinajstić information content (AvgIpc) is 2.17. The second kappa shape index (κ2) is 6.11. The number of halogens is 1. The third-order valence-corrected chi connectivity index (χ3v) is 2.74. The fourth-order valence-corrected chi connectivity index (χ4v) is 1.99. The second-order valence-corrected chi connectivity index (χ2v) is 4.35. The second-order valence-electron chi connectivity index (χ2n) is 3.97. The first-order valence-corrected chi connectivity index (χ1v) is 5.81. The van der Waals surface area contributed by atoms with Gasteiger partial charge in [0.1, 0.15) is 0 Å². The molecule has 0 amide bonds. The maximum absolute atomic E-state index is 5.68. The molecule has 0 fully saturated rings. The van der Waals surface area contributed by atoms with Gasteiger partial charge >= 0.3 is 0 Å². The Morgan fingerprint density at radius 3 is 2.33 bits per heavy atom. The Balaban J connectivity index is 2.81. The minimum Gasteiger partial charge on any atom is -0.271 e. The number of rotatable bonds is 5. The maximum Gasteiger partial charge on any atom is 0.0460 e. The standard InChI is InChI=1S/C12H19ClN2/c1-9-6-10(2)8-11(7-9)12(15-14)4-3-5-13/h6-8,12,15H,3-5,14H2,1-2H3. The first-order chi connectivity index (χ1) is 7.17. The Kier molecular flexibility index (Phi) is 5.09. The molecule has 2 nitrogen and oxygen atoms in total. The molecule has 0 saturated heterocycles. The van der Waals surface area contributed by atoms with Gasteiger partial charge in [-0.2, -0.15) is 0 Å². The molecule has 0 bridgehead atoms. The Bertz CT molecular complexity index is 292. The highest BCUT2D eigenvalue weighted by atomic mass is 35.5. The lowest BCUT2D eigenvalue weighted by molar-refractivity contribution is 0.511. The van der Waals surface area contributed by atoms with Gasteiger partial charge in [-0.3, -0.25) is 11.3 Å². The van der Waals surface area contributed by atoms with Gasteiger partial charge < -0.3 is 0 Å². The van der Waals surface area contributed by atoms with Crippen molar-refractivity contribution in [2.75, 3.05) is 5.88 Å². The average molecular weight is 227 g/mol. The summed E-state index contributed by atoms with van der Waals surface area (Å²) in [6.07, 6.45) is 1.95. The first-order valence-electron chi connectivity index (χ1n) is 5.27. The van der Waals surface area contributed by atoms with E-state index in [-0.39, 0.29) is 6.04 Å². The molecule has 1 aromatic carbocycles. The molecule has 3 heteroatoms. The Hall–Kier alpha value is -0.570. The number of hydrogen-bond donors (Lipinski definition) is 2. The fraction of sp³-hybridized carbons (Fsp3) is 0.500. The zero-order valence-electron chi connectivity index (χ0n) is 9.39. The molecule has 0 heterocycles. The van der Waals surface area contributed by atoms with E-state index in [9.17, 15) is 0 Å². The quantitative estimate of drug-likeness (QED) is 0.460. The van der Waals surface area contributed by atoms with Crippen LogP contribution in [0.3, 0.4) is 0 Å². The smallest absolute Gasteiger partial charge is 0.0460 e. The zero-order chi connectivity index (χ0) is 11.3. The van der Waals surface area contributed by atoms with Crippen molar-refractivity contribution in [1.29, 1.82) is 0 Å². The van der Waals surface area contributed by atoms with Crippen molar-refractivity contribution >= 4 is 11.6 Å². The molecule has 0 saturated carbocycles. The third-order valence-electron chi connectivity index (χ3n) is 2.47. The van der Waals surface area contributed by atoms with Crippen molar-refractivity contribution in [1.82, 2.24) is 5.43 Å². The van der Waals surface area contributed by atoms with Crippen molar-refractivity contribution in [2.24, 2.45) is 5.84 Å². The van der Waals surface area contributed by atoms with Gasteiger partial charge in [-0.05, 0) is 32.3 Å². The van der Waals surface area contributed by atoms with E-state index in [4.69, 9.17) is 17.4 Å². The predicted octanol–water partition coefficient (Wildman–Crippen LogP) is 2.83. The van der Waals surface area contributed by atoms with Gasteiger partial charge in [0.2, 0.25) is 0 Å². The van der Waals surface area contributed by atoms with E-state index in [0.29, 0.717) is 5.88 Å². The van der Waals surface area contributed by atoms with Crippen LogP contribution in [0.4, 0.5) is 0 Å². The maximum atomic E-state index is 5.68.